The molecule has 206 valence electrons. The first-order chi connectivity index (χ1) is 17.4. The van der Waals surface area contributed by atoms with Gasteiger partial charge in [0.25, 0.3) is 0 Å². The van der Waals surface area contributed by atoms with Crippen molar-refractivity contribution >= 4 is 62.7 Å². The van der Waals surface area contributed by atoms with Crippen LogP contribution in [0.25, 0.3) is 0 Å². The number of hydrogen-bond donors (Lipinski definition) is 2. The number of carbonyl (C=O) groups excluding carboxylic acids is 4. The number of Topliss-reactive ketones (excluding diaryl/α,β-unsaturated/α-hetero) is 1. The molecule has 3 amide bonds. The number of alkyl halides is 3. The van der Waals surface area contributed by atoms with E-state index in [0.717, 1.165) is 19.3 Å². The molecule has 3 aliphatic rings. The van der Waals surface area contributed by atoms with E-state index < -0.39 is 42.7 Å². The fourth-order valence-electron chi connectivity index (χ4n) is 5.24. The number of carbonyl (C=O) groups is 4. The highest BCUT2D eigenvalue weighted by atomic mass is 19.4. The molecule has 0 aromatic rings. The summed E-state index contributed by atoms with van der Waals surface area (Å²) in [5, 5.41) is 5.30. The van der Waals surface area contributed by atoms with Crippen molar-refractivity contribution in [3.8, 4) is 0 Å². The maximum atomic E-state index is 13.4. The number of ketones is 1. The van der Waals surface area contributed by atoms with Crippen LogP contribution in [-0.4, -0.2) is 106 Å². The van der Waals surface area contributed by atoms with Crippen LogP contribution in [-0.2, 0) is 23.9 Å². The van der Waals surface area contributed by atoms with Crippen molar-refractivity contribution in [3.05, 3.63) is 0 Å². The summed E-state index contributed by atoms with van der Waals surface area (Å²) in [5.41, 5.74) is -0.105. The second kappa shape index (κ2) is 11.3. The van der Waals surface area contributed by atoms with E-state index in [9.17, 15) is 32.3 Å². The lowest BCUT2D eigenvalue weighted by atomic mass is 9.22. The standard InChI is InChI=1S/C22H37B5F3N3O5/c23-20(24,21(25,26)27)4-1-2-16(35)33-11-19(5-6-19)9-14(33)18(37)32-13(8-12-3-7-31-17(12)36)15(34)10-38-22(28,29)30/h12-14H,1-11,23-27H2,(H,31,36)(H,32,37)/t12-,13-,14-/m0/s1. The minimum absolute atomic E-state index is 0.0192. The maximum Gasteiger partial charge on any atom is 0.522 e. The van der Waals surface area contributed by atoms with E-state index in [-0.39, 0.29) is 34.0 Å². The molecule has 3 fully saturated rings. The highest BCUT2D eigenvalue weighted by molar-refractivity contribution is 6.67. The first-order valence-electron chi connectivity index (χ1n) is 13.5. The summed E-state index contributed by atoms with van der Waals surface area (Å²) < 4.78 is 41.4. The van der Waals surface area contributed by atoms with Gasteiger partial charge in [-0.25, -0.2) is 0 Å². The summed E-state index contributed by atoms with van der Waals surface area (Å²) >= 11 is 0. The van der Waals surface area contributed by atoms with Crippen LogP contribution in [0.4, 0.5) is 13.2 Å². The van der Waals surface area contributed by atoms with Crippen LogP contribution in [0.15, 0.2) is 0 Å². The third-order valence-electron chi connectivity index (χ3n) is 9.08. The van der Waals surface area contributed by atoms with E-state index in [1.54, 1.807) is 4.90 Å². The number of hydrogen-bond acceptors (Lipinski definition) is 5. The van der Waals surface area contributed by atoms with Gasteiger partial charge in [-0.05, 0) is 43.9 Å². The fraction of sp³-hybridized carbons (Fsp3) is 0.818. The second-order valence-corrected chi connectivity index (χ2v) is 13.0. The van der Waals surface area contributed by atoms with E-state index in [4.69, 9.17) is 0 Å². The van der Waals surface area contributed by atoms with E-state index in [1.165, 1.54) is 0 Å². The van der Waals surface area contributed by atoms with Crippen LogP contribution in [0.2, 0.25) is 10.3 Å². The average molecular weight is 535 g/mol. The van der Waals surface area contributed by atoms with Gasteiger partial charge in [0, 0.05) is 25.4 Å². The Morgan fingerprint density at radius 3 is 2.34 bits per heavy atom. The lowest BCUT2D eigenvalue weighted by molar-refractivity contribution is -0.321. The van der Waals surface area contributed by atoms with Gasteiger partial charge in [-0.3, -0.25) is 23.9 Å². The predicted molar refractivity (Wildman–Crippen MR) is 148 cm³/mol. The Balaban J connectivity index is 1.67. The molecule has 0 radical (unpaired) electrons. The molecule has 1 saturated carbocycles. The smallest absolute Gasteiger partial charge is 0.356 e. The molecule has 38 heavy (non-hydrogen) atoms. The second-order valence-electron chi connectivity index (χ2n) is 13.0. The first kappa shape index (κ1) is 30.7. The van der Waals surface area contributed by atoms with Gasteiger partial charge in [0.2, 0.25) is 17.7 Å². The topological polar surface area (TPSA) is 105 Å². The molecule has 2 N–H and O–H groups in total. The Hall–Kier alpha value is -1.85. The fourth-order valence-corrected chi connectivity index (χ4v) is 5.24. The molecule has 0 aromatic carbocycles. The average Bonchev–Trinajstić information content (AvgIpc) is 3.24. The summed E-state index contributed by atoms with van der Waals surface area (Å²) in [6.07, 6.45) is -0.616. The summed E-state index contributed by atoms with van der Waals surface area (Å²) in [4.78, 5) is 52.9. The molecular weight excluding hydrogens is 497 g/mol. The van der Waals surface area contributed by atoms with Gasteiger partial charge in [-0.15, -0.1) is 18.3 Å². The maximum absolute atomic E-state index is 13.4. The molecule has 3 rings (SSSR count). The van der Waals surface area contributed by atoms with Gasteiger partial charge >= 0.3 is 6.36 Å². The largest absolute Gasteiger partial charge is 0.522 e. The zero-order valence-electron chi connectivity index (χ0n) is 23.1. The SMILES string of the molecule is BC(B)(B)C(B)(B)CCCC(=O)N1CC2(CC2)C[C@H]1C(=O)N[C@@H](C[C@@H]1CCNC1=O)C(=O)COC(F)(F)F. The van der Waals surface area contributed by atoms with Crippen molar-refractivity contribution in [2.75, 3.05) is 19.7 Å². The van der Waals surface area contributed by atoms with Gasteiger partial charge in [0.1, 0.15) is 12.6 Å². The summed E-state index contributed by atoms with van der Waals surface area (Å²) in [6, 6.07) is -2.11. The van der Waals surface area contributed by atoms with Gasteiger partial charge in [-0.2, -0.15) is 0 Å². The highest BCUT2D eigenvalue weighted by Crippen LogP contribution is 2.55. The molecule has 2 heterocycles. The quantitative estimate of drug-likeness (QED) is 0.260. The van der Waals surface area contributed by atoms with Gasteiger partial charge in [0.15, 0.2) is 5.78 Å². The Bertz CT molecular complexity index is 943. The molecule has 3 atom stereocenters. The van der Waals surface area contributed by atoms with E-state index >= 15 is 0 Å². The molecule has 0 aromatic heterocycles. The Labute approximate surface area is 226 Å². The third-order valence-corrected chi connectivity index (χ3v) is 9.08. The minimum atomic E-state index is -5.00. The van der Waals surface area contributed by atoms with E-state index in [2.05, 4.69) is 54.6 Å². The van der Waals surface area contributed by atoms with Gasteiger partial charge < -0.3 is 15.5 Å². The number of amides is 3. The van der Waals surface area contributed by atoms with Crippen LogP contribution in [0.1, 0.15) is 51.4 Å². The van der Waals surface area contributed by atoms with Crippen LogP contribution in [0.3, 0.4) is 0 Å². The predicted octanol–water partition coefficient (Wildman–Crippen LogP) is -2.99. The zero-order valence-corrected chi connectivity index (χ0v) is 23.1. The summed E-state index contributed by atoms with van der Waals surface area (Å²) in [6.45, 7) is -0.395. The Morgan fingerprint density at radius 1 is 1.16 bits per heavy atom. The number of halogens is 3. The van der Waals surface area contributed by atoms with Crippen LogP contribution < -0.4 is 10.6 Å². The van der Waals surface area contributed by atoms with Crippen LogP contribution >= 0.6 is 0 Å². The monoisotopic (exact) mass is 535 g/mol. The first-order valence-corrected chi connectivity index (χ1v) is 13.5. The van der Waals surface area contributed by atoms with Crippen molar-refractivity contribution in [1.29, 1.82) is 0 Å². The summed E-state index contributed by atoms with van der Waals surface area (Å²) in [5.74, 6) is -2.56. The zero-order chi connectivity index (χ0) is 28.5. The van der Waals surface area contributed by atoms with Gasteiger partial charge in [0.05, 0.1) is 45.3 Å². The number of nitrogens with one attached hydrogen (secondary N) is 2. The number of nitrogens with zero attached hydrogens (tertiary/aromatic N) is 1. The lowest BCUT2D eigenvalue weighted by Crippen LogP contribution is -2.52. The van der Waals surface area contributed by atoms with E-state index in [0.29, 0.717) is 38.8 Å². The van der Waals surface area contributed by atoms with Crippen LogP contribution in [0, 0.1) is 11.3 Å². The van der Waals surface area contributed by atoms with Crippen molar-refractivity contribution in [2.45, 2.75) is 80.1 Å². The molecule has 0 unspecified atom stereocenters. The van der Waals surface area contributed by atoms with Crippen LogP contribution in [0.5, 0.6) is 0 Å². The van der Waals surface area contributed by atoms with E-state index in [1.807, 2.05) is 0 Å². The van der Waals surface area contributed by atoms with Crippen molar-refractivity contribution < 1.29 is 37.1 Å². The Kier molecular flexibility index (Phi) is 9.15. The summed E-state index contributed by atoms with van der Waals surface area (Å²) in [7, 11) is 10.8. The van der Waals surface area contributed by atoms with Crippen molar-refractivity contribution in [2.24, 2.45) is 11.3 Å². The normalized spacial score (nSPS) is 23.8. The van der Waals surface area contributed by atoms with Gasteiger partial charge in [-0.1, -0.05) is 11.6 Å². The minimum Gasteiger partial charge on any atom is -0.356 e. The molecular formula is C22H37B5F3N3O5. The van der Waals surface area contributed by atoms with Crippen molar-refractivity contribution in [3.63, 3.8) is 0 Å². The third kappa shape index (κ3) is 7.85. The molecule has 1 aliphatic carbocycles. The number of rotatable bonds is 12. The highest BCUT2D eigenvalue weighted by Gasteiger charge is 2.55. The Morgan fingerprint density at radius 2 is 1.82 bits per heavy atom. The number of likely N-dealkylation sites (tertiary alicyclic amines) is 1. The molecule has 8 nitrogen and oxygen atoms in total. The molecule has 1 spiro atoms. The van der Waals surface area contributed by atoms with Crippen molar-refractivity contribution in [1.82, 2.24) is 15.5 Å². The molecule has 0 bridgehead atoms. The lowest BCUT2D eigenvalue weighted by Gasteiger charge is -2.40. The molecule has 16 heteroatoms. The molecule has 2 aliphatic heterocycles. The molecule has 2 saturated heterocycles. The number of ether oxygens (including phenoxy) is 1.